The molecule has 98 valence electrons. The van der Waals surface area contributed by atoms with E-state index in [1.54, 1.807) is 0 Å². The van der Waals surface area contributed by atoms with E-state index in [1.807, 2.05) is 6.07 Å². The van der Waals surface area contributed by atoms with Crippen molar-refractivity contribution in [3.8, 4) is 0 Å². The molecule has 2 aliphatic rings. The van der Waals surface area contributed by atoms with Gasteiger partial charge in [0.25, 0.3) is 0 Å². The SMILES string of the molecule is NCC1CCc2ccc(Cl)cc2C12CCCCC2. The Bertz CT molecular complexity index is 435. The smallest absolute Gasteiger partial charge is 0.0409 e. The molecule has 1 unspecified atom stereocenters. The average molecular weight is 264 g/mol. The maximum absolute atomic E-state index is 6.24. The van der Waals surface area contributed by atoms with Gasteiger partial charge in [-0.15, -0.1) is 0 Å². The summed E-state index contributed by atoms with van der Waals surface area (Å²) in [6.07, 6.45) is 9.13. The molecule has 2 heteroatoms. The van der Waals surface area contributed by atoms with E-state index in [2.05, 4.69) is 12.1 Å². The summed E-state index contributed by atoms with van der Waals surface area (Å²) in [4.78, 5) is 0. The molecule has 18 heavy (non-hydrogen) atoms. The van der Waals surface area contributed by atoms with Crippen molar-refractivity contribution in [3.05, 3.63) is 34.3 Å². The molecule has 1 fully saturated rings. The zero-order valence-corrected chi connectivity index (χ0v) is 11.7. The summed E-state index contributed by atoms with van der Waals surface area (Å²) in [6, 6.07) is 6.50. The lowest BCUT2D eigenvalue weighted by Gasteiger charge is -2.48. The molecular weight excluding hydrogens is 242 g/mol. The first-order chi connectivity index (χ1) is 8.76. The molecule has 2 N–H and O–H groups in total. The maximum Gasteiger partial charge on any atom is 0.0409 e. The van der Waals surface area contributed by atoms with Crippen LogP contribution in [0.3, 0.4) is 0 Å². The van der Waals surface area contributed by atoms with Crippen LogP contribution in [-0.2, 0) is 11.8 Å². The van der Waals surface area contributed by atoms with Gasteiger partial charge in [-0.2, -0.15) is 0 Å². The van der Waals surface area contributed by atoms with Crippen molar-refractivity contribution in [1.82, 2.24) is 0 Å². The molecule has 0 aromatic heterocycles. The number of benzene rings is 1. The van der Waals surface area contributed by atoms with Gasteiger partial charge in [-0.3, -0.25) is 0 Å². The number of aryl methyl sites for hydroxylation is 1. The Morgan fingerprint density at radius 2 is 2.00 bits per heavy atom. The molecule has 0 amide bonds. The second kappa shape index (κ2) is 4.86. The predicted molar refractivity (Wildman–Crippen MR) is 77.1 cm³/mol. The first-order valence-corrected chi connectivity index (χ1v) is 7.63. The van der Waals surface area contributed by atoms with Crippen LogP contribution in [0.4, 0.5) is 0 Å². The molecule has 1 spiro atoms. The Hall–Kier alpha value is -0.530. The Kier molecular flexibility index (Phi) is 3.38. The monoisotopic (exact) mass is 263 g/mol. The largest absolute Gasteiger partial charge is 0.330 e. The van der Waals surface area contributed by atoms with Crippen LogP contribution in [0, 0.1) is 5.92 Å². The molecule has 0 aliphatic heterocycles. The number of hydrogen-bond acceptors (Lipinski definition) is 1. The van der Waals surface area contributed by atoms with E-state index in [0.717, 1.165) is 11.6 Å². The van der Waals surface area contributed by atoms with E-state index < -0.39 is 0 Å². The fraction of sp³-hybridized carbons (Fsp3) is 0.625. The third-order valence-corrected chi connectivity index (χ3v) is 5.42. The molecule has 1 saturated carbocycles. The topological polar surface area (TPSA) is 26.0 Å². The van der Waals surface area contributed by atoms with Gasteiger partial charge >= 0.3 is 0 Å². The van der Waals surface area contributed by atoms with E-state index in [1.165, 1.54) is 56.1 Å². The summed E-state index contributed by atoms with van der Waals surface area (Å²) in [7, 11) is 0. The summed E-state index contributed by atoms with van der Waals surface area (Å²) < 4.78 is 0. The van der Waals surface area contributed by atoms with Gasteiger partial charge in [0, 0.05) is 5.02 Å². The van der Waals surface area contributed by atoms with Crippen molar-refractivity contribution >= 4 is 11.6 Å². The van der Waals surface area contributed by atoms with Crippen molar-refractivity contribution in [2.75, 3.05) is 6.54 Å². The van der Waals surface area contributed by atoms with Gasteiger partial charge in [0.15, 0.2) is 0 Å². The van der Waals surface area contributed by atoms with Crippen LogP contribution in [0.15, 0.2) is 18.2 Å². The summed E-state index contributed by atoms with van der Waals surface area (Å²) in [5.41, 5.74) is 9.45. The van der Waals surface area contributed by atoms with Gasteiger partial charge in [0.2, 0.25) is 0 Å². The fourth-order valence-corrected chi connectivity index (χ4v) is 4.43. The van der Waals surface area contributed by atoms with Crippen molar-refractivity contribution in [2.45, 2.75) is 50.4 Å². The lowest BCUT2D eigenvalue weighted by atomic mass is 9.57. The van der Waals surface area contributed by atoms with E-state index in [0.29, 0.717) is 11.3 Å². The Balaban J connectivity index is 2.10. The van der Waals surface area contributed by atoms with Gasteiger partial charge in [0.05, 0.1) is 0 Å². The van der Waals surface area contributed by atoms with Crippen LogP contribution in [-0.4, -0.2) is 6.54 Å². The van der Waals surface area contributed by atoms with Crippen LogP contribution in [0.2, 0.25) is 5.02 Å². The quantitative estimate of drug-likeness (QED) is 0.812. The van der Waals surface area contributed by atoms with Crippen LogP contribution in [0.25, 0.3) is 0 Å². The number of fused-ring (bicyclic) bond motifs is 2. The van der Waals surface area contributed by atoms with Gasteiger partial charge in [-0.1, -0.05) is 36.9 Å². The first-order valence-electron chi connectivity index (χ1n) is 7.25. The van der Waals surface area contributed by atoms with Gasteiger partial charge < -0.3 is 5.73 Å². The highest BCUT2D eigenvalue weighted by molar-refractivity contribution is 6.30. The molecule has 3 rings (SSSR count). The van der Waals surface area contributed by atoms with Crippen molar-refractivity contribution in [2.24, 2.45) is 11.7 Å². The van der Waals surface area contributed by atoms with E-state index >= 15 is 0 Å². The van der Waals surface area contributed by atoms with Crippen LogP contribution in [0.1, 0.15) is 49.7 Å². The van der Waals surface area contributed by atoms with Gasteiger partial charge in [-0.25, -0.2) is 0 Å². The minimum absolute atomic E-state index is 0.339. The number of nitrogens with two attached hydrogens (primary N) is 1. The minimum Gasteiger partial charge on any atom is -0.330 e. The molecule has 0 radical (unpaired) electrons. The van der Waals surface area contributed by atoms with E-state index in [9.17, 15) is 0 Å². The number of halogens is 1. The van der Waals surface area contributed by atoms with Gasteiger partial charge in [-0.05, 0) is 66.8 Å². The highest BCUT2D eigenvalue weighted by atomic mass is 35.5. The Morgan fingerprint density at radius 1 is 1.22 bits per heavy atom. The zero-order valence-electron chi connectivity index (χ0n) is 10.9. The molecule has 1 aromatic carbocycles. The summed E-state index contributed by atoms with van der Waals surface area (Å²) >= 11 is 6.24. The van der Waals surface area contributed by atoms with Crippen LogP contribution < -0.4 is 5.73 Å². The third kappa shape index (κ3) is 1.88. The molecule has 0 bridgehead atoms. The molecule has 0 saturated heterocycles. The minimum atomic E-state index is 0.339. The lowest BCUT2D eigenvalue weighted by Crippen LogP contribution is -2.44. The second-order valence-corrected chi connectivity index (χ2v) is 6.43. The normalized spacial score (nSPS) is 26.0. The van der Waals surface area contributed by atoms with Crippen LogP contribution in [0.5, 0.6) is 0 Å². The lowest BCUT2D eigenvalue weighted by molar-refractivity contribution is 0.171. The van der Waals surface area contributed by atoms with E-state index in [-0.39, 0.29) is 0 Å². The summed E-state index contributed by atoms with van der Waals surface area (Å²) in [6.45, 7) is 0.825. The number of rotatable bonds is 1. The molecule has 1 atom stereocenters. The molecule has 1 aromatic rings. The maximum atomic E-state index is 6.24. The van der Waals surface area contributed by atoms with Gasteiger partial charge in [0.1, 0.15) is 0 Å². The molecule has 0 heterocycles. The third-order valence-electron chi connectivity index (χ3n) is 5.18. The Labute approximate surface area is 115 Å². The predicted octanol–water partition coefficient (Wildman–Crippen LogP) is 4.06. The summed E-state index contributed by atoms with van der Waals surface area (Å²) in [5, 5.41) is 0.886. The number of hydrogen-bond donors (Lipinski definition) is 1. The van der Waals surface area contributed by atoms with E-state index in [4.69, 9.17) is 17.3 Å². The zero-order chi connectivity index (χ0) is 12.6. The fourth-order valence-electron chi connectivity index (χ4n) is 4.26. The average Bonchev–Trinajstić information content (AvgIpc) is 2.41. The van der Waals surface area contributed by atoms with Crippen molar-refractivity contribution in [3.63, 3.8) is 0 Å². The Morgan fingerprint density at radius 3 is 2.72 bits per heavy atom. The molecular formula is C16H22ClN. The highest BCUT2D eigenvalue weighted by Crippen LogP contribution is 2.50. The molecule has 2 aliphatic carbocycles. The standard InChI is InChI=1S/C16H22ClN/c17-14-7-5-12-4-6-13(11-18)16(15(12)10-14)8-2-1-3-9-16/h5,7,10,13H,1-4,6,8-9,11,18H2. The second-order valence-electron chi connectivity index (χ2n) is 5.99. The van der Waals surface area contributed by atoms with Crippen molar-refractivity contribution in [1.29, 1.82) is 0 Å². The molecule has 1 nitrogen and oxygen atoms in total. The first kappa shape index (κ1) is 12.5. The van der Waals surface area contributed by atoms with Crippen molar-refractivity contribution < 1.29 is 0 Å². The highest BCUT2D eigenvalue weighted by Gasteiger charge is 2.43. The summed E-state index contributed by atoms with van der Waals surface area (Å²) in [5.74, 6) is 0.656. The van der Waals surface area contributed by atoms with Crippen LogP contribution >= 0.6 is 11.6 Å².